The van der Waals surface area contributed by atoms with Crippen molar-refractivity contribution < 1.29 is 9.21 Å². The summed E-state index contributed by atoms with van der Waals surface area (Å²) in [6.45, 7) is 0. The first-order chi connectivity index (χ1) is 18.7. The molecule has 0 saturated heterocycles. The Kier molecular flexibility index (Phi) is 5.00. The molecule has 6 heterocycles. The van der Waals surface area contributed by atoms with Gasteiger partial charge in [0.1, 0.15) is 11.2 Å². The van der Waals surface area contributed by atoms with Crippen molar-refractivity contribution >= 4 is 33.5 Å². The van der Waals surface area contributed by atoms with Gasteiger partial charge in [-0.1, -0.05) is 18.2 Å². The first-order valence-corrected chi connectivity index (χ1v) is 11.8. The van der Waals surface area contributed by atoms with Crippen LogP contribution in [-0.4, -0.2) is 41.0 Å². The fourth-order valence-corrected chi connectivity index (χ4v) is 4.37. The van der Waals surface area contributed by atoms with Gasteiger partial charge in [0, 0.05) is 40.0 Å². The number of hydrogen-bond acceptors (Lipinski definition) is 7. The third kappa shape index (κ3) is 3.77. The summed E-state index contributed by atoms with van der Waals surface area (Å²) in [6, 6.07) is 14.7. The summed E-state index contributed by atoms with van der Waals surface area (Å²) in [6.07, 6.45) is 11.8. The molecule has 7 rings (SSSR count). The summed E-state index contributed by atoms with van der Waals surface area (Å²) in [4.78, 5) is 34.0. The molecule has 0 unspecified atom stereocenters. The van der Waals surface area contributed by atoms with Gasteiger partial charge in [0.25, 0.3) is 5.91 Å². The average molecular weight is 499 g/mol. The second kappa shape index (κ2) is 8.79. The zero-order valence-corrected chi connectivity index (χ0v) is 19.7. The van der Waals surface area contributed by atoms with Gasteiger partial charge in [-0.05, 0) is 30.3 Å². The van der Waals surface area contributed by atoms with E-state index in [9.17, 15) is 4.79 Å². The van der Waals surface area contributed by atoms with E-state index in [4.69, 9.17) is 9.40 Å². The summed E-state index contributed by atoms with van der Waals surface area (Å²) < 4.78 is 5.24. The molecule has 7 aromatic rings. The number of H-pyrrole nitrogens is 2. The van der Waals surface area contributed by atoms with E-state index in [1.165, 1.54) is 0 Å². The van der Waals surface area contributed by atoms with E-state index in [1.807, 2.05) is 36.4 Å². The Morgan fingerprint density at radius 1 is 0.895 bits per heavy atom. The summed E-state index contributed by atoms with van der Waals surface area (Å²) >= 11 is 0. The number of nitrogens with one attached hydrogen (secondary N) is 3. The predicted molar refractivity (Wildman–Crippen MR) is 142 cm³/mol. The van der Waals surface area contributed by atoms with Crippen molar-refractivity contribution in [1.82, 2.24) is 35.1 Å². The van der Waals surface area contributed by atoms with Gasteiger partial charge < -0.3 is 14.7 Å². The van der Waals surface area contributed by atoms with Crippen LogP contribution in [0.2, 0.25) is 0 Å². The molecule has 0 aliphatic carbocycles. The Labute approximate surface area is 214 Å². The van der Waals surface area contributed by atoms with E-state index in [0.29, 0.717) is 28.5 Å². The van der Waals surface area contributed by atoms with Crippen LogP contribution in [0.25, 0.3) is 55.8 Å². The SMILES string of the molecule is O=C(Nc1cncc(-c2cc3c(-c4nc5c(-c6ccoc6)cncc5[nH]4)n[nH]c3cn2)c1)c1ccccc1. The van der Waals surface area contributed by atoms with Crippen LogP contribution in [0.3, 0.4) is 0 Å². The fourth-order valence-electron chi connectivity index (χ4n) is 4.37. The van der Waals surface area contributed by atoms with Crippen LogP contribution in [0, 0.1) is 0 Å². The van der Waals surface area contributed by atoms with Crippen LogP contribution in [0.1, 0.15) is 10.4 Å². The average Bonchev–Trinajstić information content (AvgIpc) is 3.73. The molecule has 3 N–H and O–H groups in total. The standard InChI is InChI=1S/C28H18N8O2/c37-28(16-4-2-1-3-5-16)32-19-8-18(10-29-11-19)22-9-20-23(14-31-22)35-36-26(20)27-33-24-13-30-12-21(25(24)34-27)17-6-7-38-15-17/h1-15H,(H,32,37)(H,33,34)(H,35,36). The van der Waals surface area contributed by atoms with Crippen LogP contribution in [0.5, 0.6) is 0 Å². The van der Waals surface area contributed by atoms with Gasteiger partial charge in [0.2, 0.25) is 0 Å². The lowest BCUT2D eigenvalue weighted by atomic mass is 10.1. The first-order valence-electron chi connectivity index (χ1n) is 11.8. The van der Waals surface area contributed by atoms with Crippen LogP contribution in [-0.2, 0) is 0 Å². The van der Waals surface area contributed by atoms with Gasteiger partial charge >= 0.3 is 0 Å². The van der Waals surface area contributed by atoms with Gasteiger partial charge in [-0.3, -0.25) is 24.8 Å². The normalized spacial score (nSPS) is 11.3. The van der Waals surface area contributed by atoms with Crippen LogP contribution >= 0.6 is 0 Å². The Morgan fingerprint density at radius 3 is 2.66 bits per heavy atom. The van der Waals surface area contributed by atoms with Crippen molar-refractivity contribution in [3.63, 3.8) is 0 Å². The van der Waals surface area contributed by atoms with E-state index in [2.05, 4.69) is 35.5 Å². The highest BCUT2D eigenvalue weighted by molar-refractivity contribution is 6.04. The van der Waals surface area contributed by atoms with Gasteiger partial charge in [-0.15, -0.1) is 0 Å². The molecule has 182 valence electrons. The van der Waals surface area contributed by atoms with Crippen molar-refractivity contribution in [2.75, 3.05) is 5.32 Å². The zero-order chi connectivity index (χ0) is 25.5. The summed E-state index contributed by atoms with van der Waals surface area (Å²) in [5, 5.41) is 11.3. The van der Waals surface area contributed by atoms with Crippen molar-refractivity contribution in [2.24, 2.45) is 0 Å². The van der Waals surface area contributed by atoms with Gasteiger partial charge in [-0.2, -0.15) is 5.10 Å². The highest BCUT2D eigenvalue weighted by Gasteiger charge is 2.17. The number of pyridine rings is 3. The van der Waals surface area contributed by atoms with E-state index >= 15 is 0 Å². The number of anilines is 1. The largest absolute Gasteiger partial charge is 0.472 e. The maximum atomic E-state index is 12.6. The fraction of sp³-hybridized carbons (Fsp3) is 0. The molecule has 0 aliphatic heterocycles. The first kappa shape index (κ1) is 21.6. The molecule has 10 heteroatoms. The van der Waals surface area contributed by atoms with Gasteiger partial charge in [0.15, 0.2) is 5.82 Å². The minimum atomic E-state index is -0.209. The van der Waals surface area contributed by atoms with Crippen molar-refractivity contribution in [1.29, 1.82) is 0 Å². The van der Waals surface area contributed by atoms with E-state index in [-0.39, 0.29) is 5.91 Å². The molecule has 0 aliphatic rings. The molecule has 10 nitrogen and oxygen atoms in total. The smallest absolute Gasteiger partial charge is 0.255 e. The lowest BCUT2D eigenvalue weighted by molar-refractivity contribution is 0.102. The molecule has 0 saturated carbocycles. The molecule has 1 aromatic carbocycles. The van der Waals surface area contributed by atoms with Gasteiger partial charge in [-0.25, -0.2) is 4.98 Å². The number of fused-ring (bicyclic) bond motifs is 2. The highest BCUT2D eigenvalue weighted by atomic mass is 16.3. The van der Waals surface area contributed by atoms with Crippen LogP contribution < -0.4 is 5.32 Å². The molecule has 0 fully saturated rings. The number of benzene rings is 1. The Balaban J connectivity index is 1.25. The summed E-state index contributed by atoms with van der Waals surface area (Å²) in [5.74, 6) is 0.391. The lowest BCUT2D eigenvalue weighted by Gasteiger charge is -2.07. The number of carbonyl (C=O) groups is 1. The number of imidazole rings is 1. The molecular weight excluding hydrogens is 480 g/mol. The molecule has 0 atom stereocenters. The Hall–Kier alpha value is -5.64. The topological polar surface area (TPSA) is 138 Å². The monoisotopic (exact) mass is 498 g/mol. The van der Waals surface area contributed by atoms with Crippen LogP contribution in [0.15, 0.2) is 96.5 Å². The second-order valence-electron chi connectivity index (χ2n) is 8.65. The number of rotatable bonds is 5. The van der Waals surface area contributed by atoms with E-state index in [0.717, 1.165) is 38.6 Å². The molecule has 0 radical (unpaired) electrons. The van der Waals surface area contributed by atoms with Crippen LogP contribution in [0.4, 0.5) is 5.69 Å². The van der Waals surface area contributed by atoms with Crippen molar-refractivity contribution in [2.45, 2.75) is 0 Å². The minimum Gasteiger partial charge on any atom is -0.472 e. The maximum absolute atomic E-state index is 12.6. The molecule has 38 heavy (non-hydrogen) atoms. The maximum Gasteiger partial charge on any atom is 0.255 e. The van der Waals surface area contributed by atoms with E-state index < -0.39 is 0 Å². The lowest BCUT2D eigenvalue weighted by Crippen LogP contribution is -2.11. The number of nitrogens with zero attached hydrogens (tertiary/aromatic N) is 5. The van der Waals surface area contributed by atoms with E-state index in [1.54, 1.807) is 55.6 Å². The molecular formula is C28H18N8O2. The third-order valence-electron chi connectivity index (χ3n) is 6.23. The van der Waals surface area contributed by atoms with Gasteiger partial charge in [0.05, 0.1) is 53.5 Å². The number of aromatic amines is 2. The van der Waals surface area contributed by atoms with Crippen molar-refractivity contribution in [3.8, 4) is 33.9 Å². The Morgan fingerprint density at radius 2 is 1.79 bits per heavy atom. The zero-order valence-electron chi connectivity index (χ0n) is 19.7. The highest BCUT2D eigenvalue weighted by Crippen LogP contribution is 2.32. The molecule has 0 bridgehead atoms. The predicted octanol–water partition coefficient (Wildman–Crippen LogP) is 5.47. The molecule has 1 amide bonds. The minimum absolute atomic E-state index is 0.209. The molecule has 0 spiro atoms. The number of furan rings is 1. The number of hydrogen-bond donors (Lipinski definition) is 3. The Bertz CT molecular complexity index is 1920. The second-order valence-corrected chi connectivity index (χ2v) is 8.65. The number of carbonyl (C=O) groups excluding carboxylic acids is 1. The summed E-state index contributed by atoms with van der Waals surface area (Å²) in [7, 11) is 0. The number of aromatic nitrogens is 7. The van der Waals surface area contributed by atoms with Crippen molar-refractivity contribution in [3.05, 3.63) is 97.6 Å². The molecule has 6 aromatic heterocycles. The number of amides is 1. The quantitative estimate of drug-likeness (QED) is 0.286. The third-order valence-corrected chi connectivity index (χ3v) is 6.23. The summed E-state index contributed by atoms with van der Waals surface area (Å²) in [5.41, 5.74) is 7.30.